The van der Waals surface area contributed by atoms with Crippen molar-refractivity contribution in [2.75, 3.05) is 18.5 Å². The minimum atomic E-state index is 0.241. The number of aromatic nitrogens is 5. The predicted molar refractivity (Wildman–Crippen MR) is 89.8 cm³/mol. The maximum atomic E-state index is 6.11. The van der Waals surface area contributed by atoms with Crippen LogP contribution in [0, 0.1) is 0 Å². The van der Waals surface area contributed by atoms with Gasteiger partial charge in [-0.1, -0.05) is 24.3 Å². The lowest BCUT2D eigenvalue weighted by molar-refractivity contribution is 0.0406. The van der Waals surface area contributed by atoms with Gasteiger partial charge < -0.3 is 10.1 Å². The zero-order valence-corrected chi connectivity index (χ0v) is 13.4. The van der Waals surface area contributed by atoms with Gasteiger partial charge in [-0.2, -0.15) is 0 Å². The van der Waals surface area contributed by atoms with E-state index >= 15 is 0 Å². The second kappa shape index (κ2) is 6.92. The van der Waals surface area contributed by atoms with Crippen molar-refractivity contribution in [1.82, 2.24) is 25.3 Å². The standard InChI is InChI=1S/C17H20N6O/c1-2-7-14-13(5-1)6-3-8-15(14)24-12-4-11-18-16-9-10-17-19-21-22-23(17)20-16/h1-2,5,7,9-10,15H,3-4,6,8,11-12H2,(H,18,20). The molecule has 1 aliphatic carbocycles. The molecule has 3 aromatic rings. The highest BCUT2D eigenvalue weighted by atomic mass is 16.5. The zero-order valence-electron chi connectivity index (χ0n) is 13.4. The average Bonchev–Trinajstić information content (AvgIpc) is 3.09. The highest BCUT2D eigenvalue weighted by Crippen LogP contribution is 2.32. The second-order valence-corrected chi connectivity index (χ2v) is 5.98. The van der Waals surface area contributed by atoms with Crippen LogP contribution in [-0.2, 0) is 11.2 Å². The van der Waals surface area contributed by atoms with Crippen molar-refractivity contribution in [3.63, 3.8) is 0 Å². The van der Waals surface area contributed by atoms with Gasteiger partial charge in [0, 0.05) is 13.2 Å². The maximum Gasteiger partial charge on any atom is 0.200 e. The smallest absolute Gasteiger partial charge is 0.200 e. The molecule has 0 saturated heterocycles. The van der Waals surface area contributed by atoms with E-state index in [0.29, 0.717) is 5.65 Å². The van der Waals surface area contributed by atoms with E-state index in [1.165, 1.54) is 28.6 Å². The Balaban J connectivity index is 1.25. The fourth-order valence-electron chi connectivity index (χ4n) is 3.14. The first-order valence-electron chi connectivity index (χ1n) is 8.39. The van der Waals surface area contributed by atoms with Crippen LogP contribution in [0.4, 0.5) is 5.82 Å². The molecule has 0 fully saturated rings. The molecule has 24 heavy (non-hydrogen) atoms. The second-order valence-electron chi connectivity index (χ2n) is 5.98. The molecule has 0 radical (unpaired) electrons. The van der Waals surface area contributed by atoms with Crippen LogP contribution in [0.25, 0.3) is 5.65 Å². The number of aryl methyl sites for hydroxylation is 1. The van der Waals surface area contributed by atoms with E-state index in [1.54, 1.807) is 0 Å². The lowest BCUT2D eigenvalue weighted by Crippen LogP contribution is -2.15. The average molecular weight is 324 g/mol. The van der Waals surface area contributed by atoms with Gasteiger partial charge in [0.25, 0.3) is 0 Å². The SMILES string of the molecule is c1ccc2c(c1)CCCC2OCCCNc1ccc2nnnn2n1. The van der Waals surface area contributed by atoms with Crippen LogP contribution in [0.5, 0.6) is 0 Å². The molecule has 124 valence electrons. The highest BCUT2D eigenvalue weighted by Gasteiger charge is 2.19. The summed E-state index contributed by atoms with van der Waals surface area (Å²) in [6.45, 7) is 1.54. The fourth-order valence-corrected chi connectivity index (χ4v) is 3.14. The van der Waals surface area contributed by atoms with Gasteiger partial charge >= 0.3 is 0 Å². The van der Waals surface area contributed by atoms with Crippen molar-refractivity contribution in [2.45, 2.75) is 31.8 Å². The normalized spacial score (nSPS) is 16.9. The number of anilines is 1. The van der Waals surface area contributed by atoms with Gasteiger partial charge in [-0.05, 0) is 59.4 Å². The van der Waals surface area contributed by atoms with Crippen LogP contribution >= 0.6 is 0 Å². The minimum absolute atomic E-state index is 0.241. The van der Waals surface area contributed by atoms with Gasteiger partial charge in [-0.3, -0.25) is 0 Å². The summed E-state index contributed by atoms with van der Waals surface area (Å²) in [5.41, 5.74) is 3.44. The number of hydrogen-bond donors (Lipinski definition) is 1. The van der Waals surface area contributed by atoms with Crippen LogP contribution < -0.4 is 5.32 Å². The first-order valence-corrected chi connectivity index (χ1v) is 8.39. The number of nitrogens with zero attached hydrogens (tertiary/aromatic N) is 5. The van der Waals surface area contributed by atoms with Crippen molar-refractivity contribution >= 4 is 11.5 Å². The molecule has 0 aliphatic heterocycles. The molecule has 0 saturated carbocycles. The topological polar surface area (TPSA) is 77.2 Å². The molecule has 7 heteroatoms. The molecule has 1 N–H and O–H groups in total. The number of nitrogens with one attached hydrogen (secondary N) is 1. The molecule has 1 aliphatic rings. The predicted octanol–water partition coefficient (Wildman–Crippen LogP) is 2.42. The summed E-state index contributed by atoms with van der Waals surface area (Å²) in [5, 5.41) is 18.7. The molecule has 1 atom stereocenters. The summed E-state index contributed by atoms with van der Waals surface area (Å²) in [7, 11) is 0. The number of ether oxygens (including phenoxy) is 1. The highest BCUT2D eigenvalue weighted by molar-refractivity contribution is 5.41. The minimum Gasteiger partial charge on any atom is -0.373 e. The van der Waals surface area contributed by atoms with Crippen LogP contribution in [0.2, 0.25) is 0 Å². The van der Waals surface area contributed by atoms with Gasteiger partial charge in [-0.15, -0.1) is 14.8 Å². The molecule has 2 aromatic heterocycles. The Labute approximate surface area is 140 Å². The molecule has 1 unspecified atom stereocenters. The molecule has 4 rings (SSSR count). The van der Waals surface area contributed by atoms with Crippen LogP contribution in [-0.4, -0.2) is 38.4 Å². The first-order chi connectivity index (χ1) is 11.9. The third kappa shape index (κ3) is 3.21. The summed E-state index contributed by atoms with van der Waals surface area (Å²) in [5.74, 6) is 0.762. The monoisotopic (exact) mass is 324 g/mol. The third-order valence-electron chi connectivity index (χ3n) is 4.33. The van der Waals surface area contributed by atoms with Crippen molar-refractivity contribution in [3.05, 3.63) is 47.5 Å². The Kier molecular flexibility index (Phi) is 4.33. The summed E-state index contributed by atoms with van der Waals surface area (Å²) in [6.07, 6.45) is 4.65. The van der Waals surface area contributed by atoms with Gasteiger partial charge in [0.15, 0.2) is 5.65 Å². The van der Waals surface area contributed by atoms with E-state index in [0.717, 1.165) is 31.8 Å². The Morgan fingerprint density at radius 1 is 1.21 bits per heavy atom. The van der Waals surface area contributed by atoms with E-state index in [9.17, 15) is 0 Å². The molecule has 0 amide bonds. The van der Waals surface area contributed by atoms with Gasteiger partial charge in [0.05, 0.1) is 6.10 Å². The van der Waals surface area contributed by atoms with E-state index in [2.05, 4.69) is 50.2 Å². The van der Waals surface area contributed by atoms with Gasteiger partial charge in [0.2, 0.25) is 0 Å². The molecule has 7 nitrogen and oxygen atoms in total. The molecule has 0 spiro atoms. The van der Waals surface area contributed by atoms with Crippen molar-refractivity contribution in [3.8, 4) is 0 Å². The molecular formula is C17H20N6O. The summed E-state index contributed by atoms with van der Waals surface area (Å²) in [4.78, 5) is 0. The van der Waals surface area contributed by atoms with E-state index in [1.807, 2.05) is 12.1 Å². The van der Waals surface area contributed by atoms with E-state index in [4.69, 9.17) is 4.74 Å². The number of benzene rings is 1. The van der Waals surface area contributed by atoms with Crippen molar-refractivity contribution in [1.29, 1.82) is 0 Å². The summed E-state index contributed by atoms with van der Waals surface area (Å²) < 4.78 is 7.52. The third-order valence-corrected chi connectivity index (χ3v) is 4.33. The number of rotatable bonds is 6. The Bertz CT molecular complexity index is 817. The molecule has 0 bridgehead atoms. The zero-order chi connectivity index (χ0) is 16.2. The Hall–Kier alpha value is -2.54. The fraction of sp³-hybridized carbons (Fsp3) is 0.412. The molecule has 1 aromatic carbocycles. The number of fused-ring (bicyclic) bond motifs is 2. The maximum absolute atomic E-state index is 6.11. The first kappa shape index (κ1) is 15.0. The van der Waals surface area contributed by atoms with E-state index in [-0.39, 0.29) is 6.10 Å². The van der Waals surface area contributed by atoms with Crippen LogP contribution in [0.15, 0.2) is 36.4 Å². The number of tetrazole rings is 1. The molecule has 2 heterocycles. The molecular weight excluding hydrogens is 304 g/mol. The number of hydrogen-bond acceptors (Lipinski definition) is 6. The van der Waals surface area contributed by atoms with Crippen molar-refractivity contribution < 1.29 is 4.74 Å². The van der Waals surface area contributed by atoms with Crippen LogP contribution in [0.3, 0.4) is 0 Å². The quantitative estimate of drug-likeness (QED) is 0.702. The van der Waals surface area contributed by atoms with E-state index < -0.39 is 0 Å². The van der Waals surface area contributed by atoms with Gasteiger partial charge in [0.1, 0.15) is 5.82 Å². The lowest BCUT2D eigenvalue weighted by atomic mass is 9.89. The van der Waals surface area contributed by atoms with Crippen molar-refractivity contribution in [2.24, 2.45) is 0 Å². The largest absolute Gasteiger partial charge is 0.373 e. The lowest BCUT2D eigenvalue weighted by Gasteiger charge is -2.25. The van der Waals surface area contributed by atoms with Gasteiger partial charge in [-0.25, -0.2) is 0 Å². The summed E-state index contributed by atoms with van der Waals surface area (Å²) in [6, 6.07) is 12.3. The Morgan fingerprint density at radius 3 is 3.17 bits per heavy atom. The Morgan fingerprint density at radius 2 is 2.17 bits per heavy atom. The van der Waals surface area contributed by atoms with Crippen LogP contribution in [0.1, 0.15) is 36.5 Å². The summed E-state index contributed by atoms with van der Waals surface area (Å²) >= 11 is 0.